The molecule has 0 aliphatic heterocycles. The summed E-state index contributed by atoms with van der Waals surface area (Å²) in [4.78, 5) is 12.1. The summed E-state index contributed by atoms with van der Waals surface area (Å²) in [6.45, 7) is 4.21. The van der Waals surface area contributed by atoms with Crippen molar-refractivity contribution in [2.75, 3.05) is 12.9 Å². The maximum atomic E-state index is 11.0. The summed E-state index contributed by atoms with van der Waals surface area (Å²) in [5, 5.41) is 0. The Hall–Kier alpha value is -0.960. The molecule has 0 fully saturated rings. The standard InChI is InChI=1S/C12H16O2S/c1-4-14-11-8-10(7-9(2)13)5-6-12(11)15-3/h5-6,8H,4,7H2,1-3H3. The lowest BCUT2D eigenvalue weighted by Crippen LogP contribution is -1.99. The van der Waals surface area contributed by atoms with Gasteiger partial charge in [-0.2, -0.15) is 0 Å². The Morgan fingerprint density at radius 3 is 2.73 bits per heavy atom. The highest BCUT2D eigenvalue weighted by atomic mass is 32.2. The van der Waals surface area contributed by atoms with Crippen molar-refractivity contribution in [1.29, 1.82) is 0 Å². The average Bonchev–Trinajstić information content (AvgIpc) is 2.18. The summed E-state index contributed by atoms with van der Waals surface area (Å²) in [6, 6.07) is 5.94. The number of thioether (sulfide) groups is 1. The van der Waals surface area contributed by atoms with Crippen LogP contribution in [0.4, 0.5) is 0 Å². The van der Waals surface area contributed by atoms with Crippen molar-refractivity contribution in [3.8, 4) is 5.75 Å². The van der Waals surface area contributed by atoms with E-state index in [9.17, 15) is 4.79 Å². The summed E-state index contributed by atoms with van der Waals surface area (Å²) in [6.07, 6.45) is 2.50. The van der Waals surface area contributed by atoms with Gasteiger partial charge < -0.3 is 4.74 Å². The van der Waals surface area contributed by atoms with E-state index >= 15 is 0 Å². The SMILES string of the molecule is CCOc1cc(CC(C)=O)ccc1SC. The molecule has 0 aliphatic rings. The third-order valence-corrected chi connectivity index (χ3v) is 2.76. The quantitative estimate of drug-likeness (QED) is 0.719. The Balaban J connectivity index is 2.93. The van der Waals surface area contributed by atoms with Gasteiger partial charge in [0, 0.05) is 11.3 Å². The molecule has 0 unspecified atom stereocenters. The second-order valence-corrected chi connectivity index (χ2v) is 4.15. The van der Waals surface area contributed by atoms with Crippen LogP contribution in [-0.2, 0) is 11.2 Å². The summed E-state index contributed by atoms with van der Waals surface area (Å²) >= 11 is 1.65. The van der Waals surface area contributed by atoms with Gasteiger partial charge >= 0.3 is 0 Å². The zero-order valence-corrected chi connectivity index (χ0v) is 10.2. The number of ether oxygens (including phenoxy) is 1. The maximum absolute atomic E-state index is 11.0. The molecule has 0 N–H and O–H groups in total. The molecule has 0 saturated heterocycles. The van der Waals surface area contributed by atoms with Crippen LogP contribution in [0.5, 0.6) is 5.75 Å². The van der Waals surface area contributed by atoms with Gasteiger partial charge in [-0.3, -0.25) is 4.79 Å². The van der Waals surface area contributed by atoms with E-state index < -0.39 is 0 Å². The lowest BCUT2D eigenvalue weighted by molar-refractivity contribution is -0.116. The highest BCUT2D eigenvalue weighted by Gasteiger charge is 2.05. The van der Waals surface area contributed by atoms with Gasteiger partial charge in [0.25, 0.3) is 0 Å². The summed E-state index contributed by atoms with van der Waals surface area (Å²) in [5.74, 6) is 1.05. The normalized spacial score (nSPS) is 10.1. The third-order valence-electron chi connectivity index (χ3n) is 1.98. The highest BCUT2D eigenvalue weighted by molar-refractivity contribution is 7.98. The molecule has 1 aromatic carbocycles. The molecule has 0 atom stereocenters. The van der Waals surface area contributed by atoms with Gasteiger partial charge in [-0.25, -0.2) is 0 Å². The van der Waals surface area contributed by atoms with Gasteiger partial charge in [0.05, 0.1) is 6.61 Å². The number of carbonyl (C=O) groups is 1. The van der Waals surface area contributed by atoms with Crippen molar-refractivity contribution in [2.24, 2.45) is 0 Å². The van der Waals surface area contributed by atoms with Crippen LogP contribution < -0.4 is 4.74 Å². The molecule has 0 amide bonds. The molecular weight excluding hydrogens is 208 g/mol. The monoisotopic (exact) mass is 224 g/mol. The van der Waals surface area contributed by atoms with Gasteiger partial charge in [0.1, 0.15) is 11.5 Å². The number of benzene rings is 1. The molecule has 0 saturated carbocycles. The van der Waals surface area contributed by atoms with E-state index in [1.165, 1.54) is 0 Å². The summed E-state index contributed by atoms with van der Waals surface area (Å²) < 4.78 is 5.52. The van der Waals surface area contributed by atoms with E-state index in [1.54, 1.807) is 18.7 Å². The van der Waals surface area contributed by atoms with Gasteiger partial charge in [0.2, 0.25) is 0 Å². The van der Waals surface area contributed by atoms with Crippen molar-refractivity contribution in [1.82, 2.24) is 0 Å². The van der Waals surface area contributed by atoms with Crippen molar-refractivity contribution >= 4 is 17.5 Å². The van der Waals surface area contributed by atoms with Crippen LogP contribution in [-0.4, -0.2) is 18.6 Å². The fraction of sp³-hybridized carbons (Fsp3) is 0.417. The first-order valence-electron chi connectivity index (χ1n) is 4.96. The Kier molecular flexibility index (Phi) is 4.69. The zero-order valence-electron chi connectivity index (χ0n) is 9.37. The minimum atomic E-state index is 0.175. The minimum Gasteiger partial charge on any atom is -0.493 e. The van der Waals surface area contributed by atoms with Crippen molar-refractivity contribution in [2.45, 2.75) is 25.2 Å². The smallest absolute Gasteiger partial charge is 0.134 e. The summed E-state index contributed by atoms with van der Waals surface area (Å²) in [7, 11) is 0. The highest BCUT2D eigenvalue weighted by Crippen LogP contribution is 2.28. The van der Waals surface area contributed by atoms with E-state index in [2.05, 4.69) is 0 Å². The molecule has 0 spiro atoms. The Bertz CT molecular complexity index is 347. The van der Waals surface area contributed by atoms with Crippen molar-refractivity contribution in [3.63, 3.8) is 0 Å². The van der Waals surface area contributed by atoms with Crippen molar-refractivity contribution in [3.05, 3.63) is 23.8 Å². The van der Waals surface area contributed by atoms with Crippen LogP contribution in [0.2, 0.25) is 0 Å². The molecule has 82 valence electrons. The molecule has 3 heteroatoms. The van der Waals surface area contributed by atoms with E-state index in [0.717, 1.165) is 16.2 Å². The molecule has 1 aromatic rings. The van der Waals surface area contributed by atoms with Gasteiger partial charge in [-0.1, -0.05) is 6.07 Å². The van der Waals surface area contributed by atoms with Gasteiger partial charge in [-0.05, 0) is 37.8 Å². The Labute approximate surface area is 95.0 Å². The molecule has 2 nitrogen and oxygen atoms in total. The van der Waals surface area contributed by atoms with E-state index in [-0.39, 0.29) is 5.78 Å². The summed E-state index contributed by atoms with van der Waals surface area (Å²) in [5.41, 5.74) is 1.02. The molecule has 0 aliphatic carbocycles. The molecule has 0 aromatic heterocycles. The maximum Gasteiger partial charge on any atom is 0.134 e. The molecule has 0 heterocycles. The van der Waals surface area contributed by atoms with Crippen LogP contribution >= 0.6 is 11.8 Å². The van der Waals surface area contributed by atoms with E-state index in [1.807, 2.05) is 31.4 Å². The zero-order chi connectivity index (χ0) is 11.3. The topological polar surface area (TPSA) is 26.3 Å². The number of ketones is 1. The molecule has 15 heavy (non-hydrogen) atoms. The molecule has 0 radical (unpaired) electrons. The predicted octanol–water partition coefficient (Wildman–Crippen LogP) is 2.94. The first-order chi connectivity index (χ1) is 7.17. The minimum absolute atomic E-state index is 0.175. The van der Waals surface area contributed by atoms with Crippen LogP contribution in [0.1, 0.15) is 19.4 Å². The number of rotatable bonds is 5. The Morgan fingerprint density at radius 1 is 1.47 bits per heavy atom. The van der Waals surface area contributed by atoms with Crippen LogP contribution in [0.15, 0.2) is 23.1 Å². The van der Waals surface area contributed by atoms with Gasteiger partial charge in [-0.15, -0.1) is 11.8 Å². The largest absolute Gasteiger partial charge is 0.493 e. The number of Topliss-reactive ketones (excluding diaryl/α,β-unsaturated/α-hetero) is 1. The molecule has 0 bridgehead atoms. The lowest BCUT2D eigenvalue weighted by Gasteiger charge is -2.09. The fourth-order valence-corrected chi connectivity index (χ4v) is 1.91. The second-order valence-electron chi connectivity index (χ2n) is 3.30. The predicted molar refractivity (Wildman–Crippen MR) is 63.8 cm³/mol. The van der Waals surface area contributed by atoms with Crippen molar-refractivity contribution < 1.29 is 9.53 Å². The average molecular weight is 224 g/mol. The lowest BCUT2D eigenvalue weighted by atomic mass is 10.1. The van der Waals surface area contributed by atoms with Crippen LogP contribution in [0, 0.1) is 0 Å². The number of hydrogen-bond acceptors (Lipinski definition) is 3. The molecular formula is C12H16O2S. The molecule has 1 rings (SSSR count). The number of hydrogen-bond donors (Lipinski definition) is 0. The van der Waals surface area contributed by atoms with Crippen LogP contribution in [0.25, 0.3) is 0 Å². The third kappa shape index (κ3) is 3.59. The van der Waals surface area contributed by atoms with Crippen LogP contribution in [0.3, 0.4) is 0 Å². The number of carbonyl (C=O) groups excluding carboxylic acids is 1. The Morgan fingerprint density at radius 2 is 2.20 bits per heavy atom. The first kappa shape index (κ1) is 12.1. The second kappa shape index (κ2) is 5.81. The fourth-order valence-electron chi connectivity index (χ4n) is 1.39. The van der Waals surface area contributed by atoms with E-state index in [4.69, 9.17) is 4.74 Å². The first-order valence-corrected chi connectivity index (χ1v) is 6.19. The van der Waals surface area contributed by atoms with Gasteiger partial charge in [0.15, 0.2) is 0 Å². The van der Waals surface area contributed by atoms with E-state index in [0.29, 0.717) is 13.0 Å².